The van der Waals surface area contributed by atoms with Crippen molar-refractivity contribution in [1.82, 2.24) is 10.3 Å². The number of ether oxygens (including phenoxy) is 4. The maximum atomic E-state index is 16.1. The van der Waals surface area contributed by atoms with Crippen LogP contribution in [-0.4, -0.2) is 28.2 Å². The smallest absolute Gasteiger partial charge is 0.408 e. The second-order valence-corrected chi connectivity index (χ2v) is 13.2. The van der Waals surface area contributed by atoms with Gasteiger partial charge in [-0.25, -0.2) is 9.18 Å². The summed E-state index contributed by atoms with van der Waals surface area (Å²) < 4.78 is 39.3. The highest BCUT2D eigenvalue weighted by molar-refractivity contribution is 5.74. The van der Waals surface area contributed by atoms with Crippen LogP contribution in [-0.2, 0) is 33.9 Å². The van der Waals surface area contributed by atoms with Crippen molar-refractivity contribution in [3.05, 3.63) is 113 Å². The number of carbonyl (C=O) groups excluding carboxylic acids is 2. The molecule has 0 spiro atoms. The number of hydrogen-bond donors (Lipinski definition) is 1. The zero-order valence-electron chi connectivity index (χ0n) is 28.1. The van der Waals surface area contributed by atoms with E-state index in [0.717, 1.165) is 11.3 Å². The number of aromatic nitrogens is 1. The van der Waals surface area contributed by atoms with E-state index in [1.165, 1.54) is 0 Å². The van der Waals surface area contributed by atoms with Crippen LogP contribution in [0.25, 0.3) is 11.1 Å². The third-order valence-corrected chi connectivity index (χ3v) is 6.74. The molecule has 8 nitrogen and oxygen atoms in total. The molecule has 4 rings (SSSR count). The molecule has 0 bridgehead atoms. The quantitative estimate of drug-likeness (QED) is 0.164. The van der Waals surface area contributed by atoms with Crippen molar-refractivity contribution in [1.29, 1.82) is 0 Å². The number of alkyl carbamates (subject to hydrolysis) is 1. The predicted molar refractivity (Wildman–Crippen MR) is 179 cm³/mol. The van der Waals surface area contributed by atoms with Gasteiger partial charge in [0.15, 0.2) is 0 Å². The minimum Gasteiger partial charge on any atom is -0.489 e. The average molecular weight is 643 g/mol. The highest BCUT2D eigenvalue weighted by Crippen LogP contribution is 2.33. The van der Waals surface area contributed by atoms with E-state index < -0.39 is 29.2 Å². The van der Waals surface area contributed by atoms with E-state index in [0.29, 0.717) is 33.8 Å². The standard InChI is InChI=1S/C38H43FN2O6/c1-25(41-36(43)47-38(5,6)7)31-15-12-16-32(35(31)39)28-19-26(20-30(21-28)44-24-29-14-10-11-18-40-29)23-45-33-17-9-8-13-27(33)22-34(42)46-37(2,3)4/h8-21,25H,22-24H2,1-7H3,(H,41,43)/t25-/m1/s1. The number of amides is 1. The van der Waals surface area contributed by atoms with Crippen LogP contribution in [0.5, 0.6) is 11.5 Å². The molecule has 4 aromatic rings. The number of hydrogen-bond acceptors (Lipinski definition) is 7. The Bertz CT molecular complexity index is 1680. The first-order valence-corrected chi connectivity index (χ1v) is 15.5. The maximum absolute atomic E-state index is 16.1. The third kappa shape index (κ3) is 10.8. The van der Waals surface area contributed by atoms with E-state index in [4.69, 9.17) is 18.9 Å². The summed E-state index contributed by atoms with van der Waals surface area (Å²) >= 11 is 0. The summed E-state index contributed by atoms with van der Waals surface area (Å²) in [5.74, 6) is 0.201. The van der Waals surface area contributed by atoms with Crippen LogP contribution < -0.4 is 14.8 Å². The fraction of sp³-hybridized carbons (Fsp3) is 0.342. The Morgan fingerprint density at radius 1 is 0.830 bits per heavy atom. The summed E-state index contributed by atoms with van der Waals surface area (Å²) in [6, 6.07) is 22.7. The van der Waals surface area contributed by atoms with E-state index in [2.05, 4.69) is 10.3 Å². The number of carbonyl (C=O) groups is 2. The van der Waals surface area contributed by atoms with Crippen molar-refractivity contribution in [2.75, 3.05) is 0 Å². The van der Waals surface area contributed by atoms with Crippen molar-refractivity contribution in [2.45, 2.75) is 85.3 Å². The van der Waals surface area contributed by atoms with Crippen LogP contribution in [0.15, 0.2) is 85.1 Å². The minimum atomic E-state index is -0.686. The molecular formula is C38H43FN2O6. The van der Waals surface area contributed by atoms with Crippen LogP contribution in [0.2, 0.25) is 0 Å². The predicted octanol–water partition coefficient (Wildman–Crippen LogP) is 8.52. The molecule has 0 aliphatic heterocycles. The molecule has 9 heteroatoms. The maximum Gasteiger partial charge on any atom is 0.408 e. The van der Waals surface area contributed by atoms with Gasteiger partial charge in [-0.2, -0.15) is 0 Å². The summed E-state index contributed by atoms with van der Waals surface area (Å²) in [6.07, 6.45) is 1.11. The van der Waals surface area contributed by atoms with Crippen molar-refractivity contribution < 1.29 is 32.9 Å². The van der Waals surface area contributed by atoms with Crippen molar-refractivity contribution in [2.24, 2.45) is 0 Å². The molecular weight excluding hydrogens is 599 g/mol. The highest BCUT2D eigenvalue weighted by atomic mass is 19.1. The Morgan fingerprint density at radius 2 is 1.55 bits per heavy atom. The molecule has 0 aliphatic rings. The normalized spacial score (nSPS) is 12.2. The fourth-order valence-corrected chi connectivity index (χ4v) is 4.78. The molecule has 0 saturated heterocycles. The lowest BCUT2D eigenvalue weighted by atomic mass is 9.97. The number of benzene rings is 3. The summed E-state index contributed by atoms with van der Waals surface area (Å²) in [6.45, 7) is 12.8. The summed E-state index contributed by atoms with van der Waals surface area (Å²) in [4.78, 5) is 29.3. The molecule has 0 aliphatic carbocycles. The Morgan fingerprint density at radius 3 is 2.26 bits per heavy atom. The van der Waals surface area contributed by atoms with Crippen molar-refractivity contribution >= 4 is 12.1 Å². The van der Waals surface area contributed by atoms with Gasteiger partial charge in [0.25, 0.3) is 0 Å². The molecule has 1 N–H and O–H groups in total. The Balaban J connectivity index is 1.62. The van der Waals surface area contributed by atoms with E-state index >= 15 is 4.39 Å². The van der Waals surface area contributed by atoms with Gasteiger partial charge in [0.2, 0.25) is 0 Å². The van der Waals surface area contributed by atoms with Gasteiger partial charge in [-0.05, 0) is 96.0 Å². The first-order chi connectivity index (χ1) is 22.2. The van der Waals surface area contributed by atoms with Gasteiger partial charge < -0.3 is 24.3 Å². The fourth-order valence-electron chi connectivity index (χ4n) is 4.78. The topological polar surface area (TPSA) is 96.0 Å². The van der Waals surface area contributed by atoms with Gasteiger partial charge >= 0.3 is 12.1 Å². The largest absolute Gasteiger partial charge is 0.489 e. The molecule has 0 saturated carbocycles. The zero-order valence-corrected chi connectivity index (χ0v) is 28.1. The van der Waals surface area contributed by atoms with Gasteiger partial charge in [0.05, 0.1) is 18.2 Å². The number of halogens is 1. The van der Waals surface area contributed by atoms with Gasteiger partial charge in [0.1, 0.15) is 41.7 Å². The number of nitrogens with zero attached hydrogens (tertiary/aromatic N) is 1. The Hall–Kier alpha value is -4.92. The molecule has 0 unspecified atom stereocenters. The van der Waals surface area contributed by atoms with Gasteiger partial charge in [-0.15, -0.1) is 0 Å². The monoisotopic (exact) mass is 642 g/mol. The first kappa shape index (κ1) is 34.9. The SMILES string of the molecule is C[C@@H](NC(=O)OC(C)(C)C)c1cccc(-c2cc(COc3ccccc3CC(=O)OC(C)(C)C)cc(OCc3ccccn3)c2)c1F. The molecule has 1 amide bonds. The summed E-state index contributed by atoms with van der Waals surface area (Å²) in [5.41, 5.74) is 2.06. The lowest BCUT2D eigenvalue weighted by Gasteiger charge is -2.22. The summed E-state index contributed by atoms with van der Waals surface area (Å²) in [7, 11) is 0. The van der Waals surface area contributed by atoms with E-state index in [9.17, 15) is 9.59 Å². The molecule has 0 radical (unpaired) electrons. The van der Waals surface area contributed by atoms with Gasteiger partial charge in [-0.1, -0.05) is 42.5 Å². The van der Waals surface area contributed by atoms with Crippen molar-refractivity contribution in [3.63, 3.8) is 0 Å². The molecule has 1 heterocycles. The van der Waals surface area contributed by atoms with E-state index in [1.807, 2.05) is 69.3 Å². The lowest BCUT2D eigenvalue weighted by molar-refractivity contribution is -0.153. The van der Waals surface area contributed by atoms with E-state index in [-0.39, 0.29) is 25.6 Å². The zero-order chi connectivity index (χ0) is 34.2. The number of para-hydroxylation sites is 1. The highest BCUT2D eigenvalue weighted by Gasteiger charge is 2.22. The average Bonchev–Trinajstić information content (AvgIpc) is 2.98. The third-order valence-electron chi connectivity index (χ3n) is 6.74. The number of rotatable bonds is 11. The van der Waals surface area contributed by atoms with Crippen LogP contribution in [0, 0.1) is 5.82 Å². The number of esters is 1. The number of nitrogens with one attached hydrogen (secondary N) is 1. The van der Waals surface area contributed by atoms with Gasteiger partial charge in [-0.3, -0.25) is 9.78 Å². The van der Waals surface area contributed by atoms with Crippen LogP contribution in [0.1, 0.15) is 76.9 Å². The van der Waals surface area contributed by atoms with Crippen molar-refractivity contribution in [3.8, 4) is 22.6 Å². The van der Waals surface area contributed by atoms with E-state index in [1.54, 1.807) is 64.2 Å². The molecule has 1 aromatic heterocycles. The van der Waals surface area contributed by atoms with Gasteiger partial charge in [0, 0.05) is 22.9 Å². The Labute approximate surface area is 276 Å². The molecule has 0 fully saturated rings. The second kappa shape index (κ2) is 15.1. The lowest BCUT2D eigenvalue weighted by Crippen LogP contribution is -2.34. The second-order valence-electron chi connectivity index (χ2n) is 13.2. The summed E-state index contributed by atoms with van der Waals surface area (Å²) in [5, 5.41) is 2.72. The Kier molecular flexibility index (Phi) is 11.2. The molecule has 47 heavy (non-hydrogen) atoms. The van der Waals surface area contributed by atoms with Crippen LogP contribution in [0.3, 0.4) is 0 Å². The van der Waals surface area contributed by atoms with Crippen LogP contribution >= 0.6 is 0 Å². The van der Waals surface area contributed by atoms with Crippen LogP contribution in [0.4, 0.5) is 9.18 Å². The molecule has 1 atom stereocenters. The molecule has 248 valence electrons. The minimum absolute atomic E-state index is 0.0550. The first-order valence-electron chi connectivity index (χ1n) is 15.5. The molecule has 3 aromatic carbocycles. The number of pyridine rings is 1.